The Morgan fingerprint density at radius 3 is 1.36 bits per heavy atom. The zero-order valence-electron chi connectivity index (χ0n) is 52.0. The number of aliphatic hydroxyl groups excluding tert-OH is 2. The predicted molar refractivity (Wildman–Crippen MR) is 346 cm³/mol. The molecule has 506 valence electrons. The SMILES string of the molecule is [CH]N1CCN(CC(=O)O)CCN(CC(=O)Nc2ccc(NC(=O)CCC(NC(=O)c3ccc(NCc4cnc5nc(N)[nH]c(=O)c5n4)cc3)C(=O)Nc3ccc(NC(=O)CN4CCN(CC(=O)O)CCN([CH])CCN(CC(O)O)CC4)cc3)cc2)CCN(CC(O)O)CC1. The molecule has 33 nitrogen and oxygen atoms in total. The predicted octanol–water partition coefficient (Wildman–Crippen LogP) is -2.49. The topological polar surface area (TPSA) is 437 Å². The molecular formula is C61H83N19O14. The summed E-state index contributed by atoms with van der Waals surface area (Å²) in [6.07, 6.45) is -2.17. The van der Waals surface area contributed by atoms with E-state index in [0.29, 0.717) is 133 Å². The highest BCUT2D eigenvalue weighted by Crippen LogP contribution is 2.19. The van der Waals surface area contributed by atoms with Crippen LogP contribution in [0.3, 0.4) is 0 Å². The Morgan fingerprint density at radius 2 is 0.915 bits per heavy atom. The summed E-state index contributed by atoms with van der Waals surface area (Å²) in [4.78, 5) is 133. The van der Waals surface area contributed by atoms with Crippen molar-refractivity contribution in [2.24, 2.45) is 0 Å². The Balaban J connectivity index is 0.977. The molecule has 94 heavy (non-hydrogen) atoms. The van der Waals surface area contributed by atoms with Gasteiger partial charge >= 0.3 is 11.9 Å². The molecule has 0 aliphatic carbocycles. The van der Waals surface area contributed by atoms with Crippen LogP contribution in [-0.2, 0) is 35.3 Å². The first-order valence-electron chi connectivity index (χ1n) is 30.5. The number of nitrogens with two attached hydrogens (primary N) is 1. The van der Waals surface area contributed by atoms with Crippen molar-refractivity contribution in [2.75, 3.05) is 176 Å². The number of aliphatic carboxylic acids is 2. The lowest BCUT2D eigenvalue weighted by atomic mass is 10.1. The minimum atomic E-state index is -1.60. The lowest BCUT2D eigenvalue weighted by Crippen LogP contribution is -2.48. The molecule has 0 spiro atoms. The Labute approximate surface area is 542 Å². The van der Waals surface area contributed by atoms with Gasteiger partial charge in [-0.15, -0.1) is 0 Å². The molecule has 3 aromatic carbocycles. The second-order valence-corrected chi connectivity index (χ2v) is 22.8. The highest BCUT2D eigenvalue weighted by Gasteiger charge is 2.26. The average molecular weight is 1310 g/mol. The molecule has 5 aromatic rings. The number of benzene rings is 3. The molecule has 4 heterocycles. The number of nitrogen functional groups attached to an aromatic ring is 1. The number of rotatable bonds is 25. The van der Waals surface area contributed by atoms with Gasteiger partial charge in [0.25, 0.3) is 11.5 Å². The summed E-state index contributed by atoms with van der Waals surface area (Å²) in [5.41, 5.74) is 7.76. The highest BCUT2D eigenvalue weighted by atomic mass is 16.5. The third-order valence-electron chi connectivity index (χ3n) is 15.3. The van der Waals surface area contributed by atoms with Gasteiger partial charge in [0, 0.05) is 172 Å². The molecule has 2 saturated heterocycles. The maximum atomic E-state index is 14.2. The van der Waals surface area contributed by atoms with Crippen molar-refractivity contribution in [3.63, 3.8) is 0 Å². The minimum absolute atomic E-state index is 0.00666. The summed E-state index contributed by atoms with van der Waals surface area (Å²) < 4.78 is 0. The summed E-state index contributed by atoms with van der Waals surface area (Å²) in [6, 6.07) is 17.5. The molecule has 15 N–H and O–H groups in total. The fourth-order valence-electron chi connectivity index (χ4n) is 10.3. The zero-order chi connectivity index (χ0) is 67.7. The van der Waals surface area contributed by atoms with E-state index < -0.39 is 59.7 Å². The summed E-state index contributed by atoms with van der Waals surface area (Å²) in [5.74, 6) is -4.71. The molecule has 0 saturated carbocycles. The van der Waals surface area contributed by atoms with Gasteiger partial charge in [-0.2, -0.15) is 4.98 Å². The van der Waals surface area contributed by atoms with E-state index in [0.717, 1.165) is 0 Å². The average Bonchev–Trinajstić information content (AvgIpc) is 0.837. The smallest absolute Gasteiger partial charge is 0.317 e. The van der Waals surface area contributed by atoms with Crippen molar-refractivity contribution in [3.8, 4) is 0 Å². The monoisotopic (exact) mass is 1310 g/mol. The van der Waals surface area contributed by atoms with Crippen molar-refractivity contribution in [2.45, 2.75) is 38.0 Å². The van der Waals surface area contributed by atoms with Crippen molar-refractivity contribution in [3.05, 3.63) is 115 Å². The van der Waals surface area contributed by atoms with E-state index in [-0.39, 0.29) is 92.9 Å². The minimum Gasteiger partial charge on any atom is -0.480 e. The number of carboxylic acid groups (broad SMARTS) is 2. The largest absolute Gasteiger partial charge is 0.480 e. The molecule has 2 aromatic heterocycles. The van der Waals surface area contributed by atoms with Gasteiger partial charge in [0.05, 0.1) is 44.6 Å². The van der Waals surface area contributed by atoms with Gasteiger partial charge in [0.1, 0.15) is 6.04 Å². The van der Waals surface area contributed by atoms with Crippen LogP contribution in [0.4, 0.5) is 34.4 Å². The number of carboxylic acids is 2. The first-order chi connectivity index (χ1) is 45.0. The Morgan fingerprint density at radius 1 is 0.521 bits per heavy atom. The molecule has 4 radical (unpaired) electrons. The number of anilines is 6. The van der Waals surface area contributed by atoms with Gasteiger partial charge < -0.3 is 68.3 Å². The van der Waals surface area contributed by atoms with Crippen molar-refractivity contribution < 1.29 is 64.2 Å². The van der Waals surface area contributed by atoms with Crippen LogP contribution in [0.25, 0.3) is 11.2 Å². The molecule has 7 rings (SSSR count). The standard InChI is InChI=1S/C61H83N19O14/c1-73-17-21-77(37-52(84)85)29-25-75(26-30-78(22-18-73)38-53(86)87)35-50(82)66-44-9-7-43(8-10-44)65-49(81)16-15-48(70-58(92)41-3-5-42(6-4-41)63-33-47-34-64-57-56(68-47)60(94)72-61(62)71-57)59(93)69-46-13-11-45(12-14-46)67-51(83)36-76-27-31-79(39-54(88)89)23-19-74(2)20-24-80(32-28-76)40-55(90)91/h1-14,34,48,52,54,63,84-85,88-89H,15-33,35-40H2,(H,65,81)(H,66,82)(H,67,83)(H,69,93)(H,70,92)(H,86,87)(H,90,91)(H3,62,64,71,72,94). The van der Waals surface area contributed by atoms with E-state index in [4.69, 9.17) is 19.8 Å². The number of carbonyl (C=O) groups excluding carboxylic acids is 5. The number of amides is 5. The number of aromatic nitrogens is 4. The van der Waals surface area contributed by atoms with Gasteiger partial charge in [0.2, 0.25) is 29.6 Å². The summed E-state index contributed by atoms with van der Waals surface area (Å²) in [7, 11) is 12.3. The third-order valence-corrected chi connectivity index (χ3v) is 15.3. The van der Waals surface area contributed by atoms with Crippen LogP contribution in [0.15, 0.2) is 83.8 Å². The van der Waals surface area contributed by atoms with Gasteiger partial charge in [-0.05, 0) is 79.2 Å². The van der Waals surface area contributed by atoms with Crippen LogP contribution in [0.5, 0.6) is 0 Å². The lowest BCUT2D eigenvalue weighted by molar-refractivity contribution is -0.139. The Bertz CT molecular complexity index is 3370. The zero-order valence-corrected chi connectivity index (χ0v) is 52.0. The van der Waals surface area contributed by atoms with Gasteiger partial charge in [0.15, 0.2) is 23.7 Å². The fraction of sp³-hybridized carbons (Fsp3) is 0.459. The number of aromatic amines is 1. The van der Waals surface area contributed by atoms with E-state index >= 15 is 0 Å². The van der Waals surface area contributed by atoms with Crippen molar-refractivity contribution in [1.82, 2.24) is 64.5 Å². The molecule has 1 unspecified atom stereocenters. The van der Waals surface area contributed by atoms with Crippen LogP contribution < -0.4 is 43.2 Å². The van der Waals surface area contributed by atoms with Crippen LogP contribution in [0.1, 0.15) is 28.9 Å². The second kappa shape index (κ2) is 36.7. The molecular weight excluding hydrogens is 1220 g/mol. The highest BCUT2D eigenvalue weighted by molar-refractivity contribution is 6.02. The van der Waals surface area contributed by atoms with E-state index in [1.54, 1.807) is 68.1 Å². The number of β-amino-alcohol motifs (C(OH)–C–C–N with tert-alkyl or cyclic N) is 4. The first kappa shape index (κ1) is 72.7. The lowest BCUT2D eigenvalue weighted by Gasteiger charge is -2.32. The number of fused-ring (bicyclic) bond motifs is 1. The number of aliphatic hydroxyl groups is 4. The Kier molecular flexibility index (Phi) is 28.4. The molecule has 0 bridgehead atoms. The molecule has 2 aliphatic rings. The number of hydrogen-bond donors (Lipinski definition) is 14. The maximum absolute atomic E-state index is 14.2. The third kappa shape index (κ3) is 25.6. The number of hydrogen-bond acceptors (Lipinski definition) is 25. The maximum Gasteiger partial charge on any atom is 0.317 e. The Hall–Kier alpha value is -8.71. The van der Waals surface area contributed by atoms with Gasteiger partial charge in [-0.25, -0.2) is 9.97 Å². The van der Waals surface area contributed by atoms with Crippen LogP contribution in [-0.4, -0.2) is 294 Å². The number of H-pyrrole nitrogens is 1. The van der Waals surface area contributed by atoms with Crippen LogP contribution >= 0.6 is 0 Å². The number of nitrogens with one attached hydrogen (secondary N) is 7. The van der Waals surface area contributed by atoms with Gasteiger partial charge in [-0.1, -0.05) is 0 Å². The second-order valence-electron chi connectivity index (χ2n) is 22.8. The molecule has 2 aliphatic heterocycles. The quantitative estimate of drug-likeness (QED) is 0.0269. The van der Waals surface area contributed by atoms with E-state index in [2.05, 4.69) is 51.8 Å². The normalized spacial score (nSPS) is 16.8. The van der Waals surface area contributed by atoms with Crippen LogP contribution in [0, 0.1) is 14.1 Å². The van der Waals surface area contributed by atoms with Crippen molar-refractivity contribution >= 4 is 87.0 Å². The summed E-state index contributed by atoms with van der Waals surface area (Å²) in [6.45, 7) is 5.10. The van der Waals surface area contributed by atoms with Crippen LogP contribution in [0.2, 0.25) is 0 Å². The molecule has 33 heteroatoms. The first-order valence-corrected chi connectivity index (χ1v) is 30.5. The number of carbonyl (C=O) groups is 7. The summed E-state index contributed by atoms with van der Waals surface area (Å²) >= 11 is 0. The van der Waals surface area contributed by atoms with Crippen molar-refractivity contribution in [1.29, 1.82) is 0 Å². The number of nitrogens with zero attached hydrogens (tertiary/aromatic N) is 11. The van der Waals surface area contributed by atoms with E-state index in [1.165, 1.54) is 30.5 Å². The van der Waals surface area contributed by atoms with Gasteiger partial charge in [-0.3, -0.25) is 82.5 Å². The summed E-state index contributed by atoms with van der Waals surface area (Å²) in [5, 5.41) is 75.1. The molecule has 1 atom stereocenters. The fourth-order valence-corrected chi connectivity index (χ4v) is 10.3. The molecule has 5 amide bonds. The van der Waals surface area contributed by atoms with E-state index in [9.17, 15) is 69.0 Å². The molecule has 2 fully saturated rings. The van der Waals surface area contributed by atoms with E-state index in [1.807, 2.05) is 19.6 Å².